The van der Waals surface area contributed by atoms with Crippen LogP contribution in [0.2, 0.25) is 0 Å². The molecular formula is C17H19NO2. The first-order valence-electron chi connectivity index (χ1n) is 6.64. The van der Waals surface area contributed by atoms with E-state index in [0.717, 1.165) is 10.9 Å². The average Bonchev–Trinajstić information content (AvgIpc) is 2.36. The van der Waals surface area contributed by atoms with Crippen LogP contribution >= 0.6 is 0 Å². The van der Waals surface area contributed by atoms with Gasteiger partial charge in [-0.2, -0.15) is 0 Å². The fourth-order valence-corrected chi connectivity index (χ4v) is 1.89. The van der Waals surface area contributed by atoms with Crippen LogP contribution in [0.4, 0.5) is 0 Å². The molecule has 0 saturated carbocycles. The van der Waals surface area contributed by atoms with Gasteiger partial charge in [-0.05, 0) is 43.2 Å². The molecule has 0 aliphatic carbocycles. The Morgan fingerprint density at radius 2 is 1.85 bits per heavy atom. The minimum atomic E-state index is -0.463. The molecule has 0 heterocycles. The van der Waals surface area contributed by atoms with Gasteiger partial charge in [-0.25, -0.2) is 0 Å². The van der Waals surface area contributed by atoms with Gasteiger partial charge in [0.2, 0.25) is 0 Å². The topological polar surface area (TPSA) is 38.7 Å². The highest BCUT2D eigenvalue weighted by Gasteiger charge is 2.15. The number of ether oxygens (including phenoxy) is 1. The SMILES string of the molecule is CC(C)(C)OC(=O)C/N=C/c1ccc2ccccc2c1. The van der Waals surface area contributed by atoms with Gasteiger partial charge in [0, 0.05) is 6.21 Å². The first-order valence-corrected chi connectivity index (χ1v) is 6.64. The van der Waals surface area contributed by atoms with E-state index in [4.69, 9.17) is 4.74 Å². The number of esters is 1. The molecule has 0 fully saturated rings. The van der Waals surface area contributed by atoms with Crippen molar-refractivity contribution in [2.75, 3.05) is 6.54 Å². The van der Waals surface area contributed by atoms with E-state index < -0.39 is 5.60 Å². The van der Waals surface area contributed by atoms with Gasteiger partial charge < -0.3 is 4.74 Å². The molecule has 2 aromatic carbocycles. The zero-order chi connectivity index (χ0) is 14.6. The van der Waals surface area contributed by atoms with Crippen molar-refractivity contribution in [3.8, 4) is 0 Å². The number of fused-ring (bicyclic) bond motifs is 1. The van der Waals surface area contributed by atoms with Gasteiger partial charge >= 0.3 is 5.97 Å². The number of aliphatic imine (C=N–C) groups is 1. The molecule has 2 rings (SSSR count). The summed E-state index contributed by atoms with van der Waals surface area (Å²) >= 11 is 0. The third kappa shape index (κ3) is 4.19. The fourth-order valence-electron chi connectivity index (χ4n) is 1.89. The first-order chi connectivity index (χ1) is 9.44. The van der Waals surface area contributed by atoms with Gasteiger partial charge in [0.1, 0.15) is 12.1 Å². The summed E-state index contributed by atoms with van der Waals surface area (Å²) in [7, 11) is 0. The molecule has 0 atom stereocenters. The highest BCUT2D eigenvalue weighted by Crippen LogP contribution is 2.14. The van der Waals surface area contributed by atoms with Crippen molar-refractivity contribution >= 4 is 23.0 Å². The fraction of sp³-hybridized carbons (Fsp3) is 0.294. The van der Waals surface area contributed by atoms with Crippen LogP contribution in [0.15, 0.2) is 47.5 Å². The van der Waals surface area contributed by atoms with Gasteiger partial charge in [-0.1, -0.05) is 36.4 Å². The second-order valence-corrected chi connectivity index (χ2v) is 5.66. The smallest absolute Gasteiger partial charge is 0.328 e. The van der Waals surface area contributed by atoms with Crippen molar-refractivity contribution in [2.24, 2.45) is 4.99 Å². The van der Waals surface area contributed by atoms with Crippen molar-refractivity contribution in [2.45, 2.75) is 26.4 Å². The van der Waals surface area contributed by atoms with Crippen molar-refractivity contribution in [1.82, 2.24) is 0 Å². The van der Waals surface area contributed by atoms with Crippen molar-refractivity contribution < 1.29 is 9.53 Å². The lowest BCUT2D eigenvalue weighted by Crippen LogP contribution is -2.25. The Morgan fingerprint density at radius 3 is 2.55 bits per heavy atom. The lowest BCUT2D eigenvalue weighted by atomic mass is 10.1. The summed E-state index contributed by atoms with van der Waals surface area (Å²) in [5.41, 5.74) is 0.516. The van der Waals surface area contributed by atoms with Crippen LogP contribution in [0.5, 0.6) is 0 Å². The van der Waals surface area contributed by atoms with Crippen LogP contribution in [-0.4, -0.2) is 24.3 Å². The molecule has 3 nitrogen and oxygen atoms in total. The van der Waals surface area contributed by atoms with Crippen molar-refractivity contribution in [3.05, 3.63) is 48.0 Å². The van der Waals surface area contributed by atoms with Crippen molar-refractivity contribution in [3.63, 3.8) is 0 Å². The average molecular weight is 269 g/mol. The lowest BCUT2D eigenvalue weighted by Gasteiger charge is -2.18. The molecule has 0 amide bonds. The maximum atomic E-state index is 11.5. The van der Waals surface area contributed by atoms with E-state index in [1.54, 1.807) is 6.21 Å². The summed E-state index contributed by atoms with van der Waals surface area (Å²) in [4.78, 5) is 15.7. The van der Waals surface area contributed by atoms with Gasteiger partial charge in [0.15, 0.2) is 0 Å². The Kier molecular flexibility index (Phi) is 4.18. The van der Waals surface area contributed by atoms with E-state index >= 15 is 0 Å². The number of carbonyl (C=O) groups excluding carboxylic acids is 1. The predicted molar refractivity (Wildman–Crippen MR) is 82.3 cm³/mol. The minimum Gasteiger partial charge on any atom is -0.459 e. The molecule has 0 aliphatic heterocycles. The van der Waals surface area contributed by atoms with Crippen molar-refractivity contribution in [1.29, 1.82) is 0 Å². The molecule has 0 unspecified atom stereocenters. The Labute approximate surface area is 119 Å². The number of rotatable bonds is 3. The number of benzene rings is 2. The molecule has 20 heavy (non-hydrogen) atoms. The molecule has 0 aromatic heterocycles. The van der Waals surface area contributed by atoms with Gasteiger partial charge in [-0.15, -0.1) is 0 Å². The van der Waals surface area contributed by atoms with Crippen LogP contribution < -0.4 is 0 Å². The summed E-state index contributed by atoms with van der Waals surface area (Å²) in [6.45, 7) is 5.58. The Bertz CT molecular complexity index is 639. The highest BCUT2D eigenvalue weighted by molar-refractivity contribution is 5.91. The third-order valence-electron chi connectivity index (χ3n) is 2.65. The lowest BCUT2D eigenvalue weighted by molar-refractivity contribution is -0.152. The first kappa shape index (κ1) is 14.3. The monoisotopic (exact) mass is 269 g/mol. The second kappa shape index (κ2) is 5.87. The number of nitrogens with zero attached hydrogens (tertiary/aromatic N) is 1. The summed E-state index contributed by atoms with van der Waals surface area (Å²) in [6, 6.07) is 14.2. The maximum Gasteiger partial charge on any atom is 0.328 e. The molecule has 0 N–H and O–H groups in total. The van der Waals surface area contributed by atoms with Gasteiger partial charge in [-0.3, -0.25) is 9.79 Å². The maximum absolute atomic E-state index is 11.5. The van der Waals surface area contributed by atoms with E-state index in [0.29, 0.717) is 0 Å². The highest BCUT2D eigenvalue weighted by atomic mass is 16.6. The zero-order valence-electron chi connectivity index (χ0n) is 12.1. The number of hydrogen-bond acceptors (Lipinski definition) is 3. The van der Waals surface area contributed by atoms with E-state index in [-0.39, 0.29) is 12.5 Å². The molecule has 0 radical (unpaired) electrons. The van der Waals surface area contributed by atoms with Crippen LogP contribution in [0.3, 0.4) is 0 Å². The second-order valence-electron chi connectivity index (χ2n) is 5.66. The van der Waals surface area contributed by atoms with Crippen LogP contribution in [0.25, 0.3) is 10.8 Å². The summed E-state index contributed by atoms with van der Waals surface area (Å²) in [5.74, 6) is -0.311. The molecule has 104 valence electrons. The molecule has 0 bridgehead atoms. The van der Waals surface area contributed by atoms with E-state index in [1.807, 2.05) is 51.1 Å². The summed E-state index contributed by atoms with van der Waals surface area (Å²) < 4.78 is 5.19. The normalized spacial score (nSPS) is 11.9. The number of hydrogen-bond donors (Lipinski definition) is 0. The van der Waals surface area contributed by atoms with E-state index in [2.05, 4.69) is 17.1 Å². The molecule has 0 saturated heterocycles. The van der Waals surface area contributed by atoms with Gasteiger partial charge in [0.25, 0.3) is 0 Å². The molecule has 0 aliphatic rings. The number of carbonyl (C=O) groups is 1. The van der Waals surface area contributed by atoms with Crippen LogP contribution in [0, 0.1) is 0 Å². The summed E-state index contributed by atoms with van der Waals surface area (Å²) in [6.07, 6.45) is 1.70. The Morgan fingerprint density at radius 1 is 1.15 bits per heavy atom. The third-order valence-corrected chi connectivity index (χ3v) is 2.65. The molecule has 3 heteroatoms. The minimum absolute atomic E-state index is 0.0457. The quantitative estimate of drug-likeness (QED) is 0.631. The Hall–Kier alpha value is -2.16. The largest absolute Gasteiger partial charge is 0.459 e. The van der Waals surface area contributed by atoms with Gasteiger partial charge in [0.05, 0.1) is 0 Å². The predicted octanol–water partition coefficient (Wildman–Crippen LogP) is 3.60. The Balaban J connectivity index is 2.01. The van der Waals surface area contributed by atoms with E-state index in [9.17, 15) is 4.79 Å². The standard InChI is InChI=1S/C17H19NO2/c1-17(2,3)20-16(19)12-18-11-13-8-9-14-6-4-5-7-15(14)10-13/h4-11H,12H2,1-3H3/b18-11+. The van der Waals surface area contributed by atoms with E-state index in [1.165, 1.54) is 5.39 Å². The molecular weight excluding hydrogens is 250 g/mol. The summed E-state index contributed by atoms with van der Waals surface area (Å²) in [5, 5.41) is 2.35. The molecule has 2 aromatic rings. The molecule has 0 spiro atoms. The van der Waals surface area contributed by atoms with Crippen LogP contribution in [0.1, 0.15) is 26.3 Å². The van der Waals surface area contributed by atoms with Crippen LogP contribution in [-0.2, 0) is 9.53 Å². The zero-order valence-corrected chi connectivity index (χ0v) is 12.1.